The first kappa shape index (κ1) is 10.1. The molecule has 0 aliphatic rings. The van der Waals surface area contributed by atoms with E-state index in [9.17, 15) is 0 Å². The Morgan fingerprint density at radius 2 is 2.31 bits per heavy atom. The summed E-state index contributed by atoms with van der Waals surface area (Å²) in [6.07, 6.45) is 3.12. The van der Waals surface area contributed by atoms with Crippen molar-refractivity contribution in [2.75, 3.05) is 0 Å². The van der Waals surface area contributed by atoms with Gasteiger partial charge in [0.15, 0.2) is 0 Å². The summed E-state index contributed by atoms with van der Waals surface area (Å²) in [5, 5.41) is 4.47. The maximum Gasteiger partial charge on any atom is 0.261 e. The zero-order valence-corrected chi connectivity index (χ0v) is 10.1. The summed E-state index contributed by atoms with van der Waals surface area (Å²) in [5.74, 6) is 0. The molecule has 4 nitrogen and oxygen atoms in total. The van der Waals surface area contributed by atoms with Crippen LogP contribution in [0.5, 0.6) is 0 Å². The predicted molar refractivity (Wildman–Crippen MR) is 63.1 cm³/mol. The van der Waals surface area contributed by atoms with Gasteiger partial charge in [0.1, 0.15) is 16.1 Å². The first-order valence-electron chi connectivity index (χ1n) is 4.31. The van der Waals surface area contributed by atoms with Gasteiger partial charge >= 0.3 is 0 Å². The third kappa shape index (κ3) is 1.79. The van der Waals surface area contributed by atoms with Gasteiger partial charge in [0.25, 0.3) is 5.22 Å². The standard InChI is InChI=1S/C9H4ClN3OS2/c10-8-12-6-5(1-4-15-6)7(13-8)16-9-11-2-3-14-9/h1-4H. The predicted octanol–water partition coefficient (Wildman–Crippen LogP) is 3.48. The molecule has 7 heteroatoms. The Morgan fingerprint density at radius 3 is 3.12 bits per heavy atom. The number of oxazole rings is 1. The SMILES string of the molecule is Clc1nc(Sc2ncco2)c2ccsc2n1. The number of fused-ring (bicyclic) bond motifs is 1. The highest BCUT2D eigenvalue weighted by Crippen LogP contribution is 2.33. The van der Waals surface area contributed by atoms with Gasteiger partial charge in [0, 0.05) is 5.39 Å². The lowest BCUT2D eigenvalue weighted by Gasteiger charge is -1.98. The summed E-state index contributed by atoms with van der Waals surface area (Å²) in [7, 11) is 0. The molecule has 3 aromatic rings. The molecule has 0 saturated carbocycles. The number of thiophene rings is 1. The van der Waals surface area contributed by atoms with E-state index in [-0.39, 0.29) is 5.28 Å². The van der Waals surface area contributed by atoms with Gasteiger partial charge in [-0.25, -0.2) is 15.0 Å². The zero-order chi connectivity index (χ0) is 11.0. The molecule has 0 atom stereocenters. The van der Waals surface area contributed by atoms with Gasteiger partial charge in [-0.1, -0.05) is 0 Å². The topological polar surface area (TPSA) is 51.8 Å². The van der Waals surface area contributed by atoms with E-state index in [0.717, 1.165) is 15.2 Å². The Kier molecular flexibility index (Phi) is 2.55. The Morgan fingerprint density at radius 1 is 1.38 bits per heavy atom. The number of aromatic nitrogens is 3. The van der Waals surface area contributed by atoms with Crippen LogP contribution < -0.4 is 0 Å². The summed E-state index contributed by atoms with van der Waals surface area (Å²) in [6.45, 7) is 0. The minimum atomic E-state index is 0.240. The highest BCUT2D eigenvalue weighted by Gasteiger charge is 2.11. The van der Waals surface area contributed by atoms with Gasteiger partial charge in [-0.15, -0.1) is 11.3 Å². The van der Waals surface area contributed by atoms with Crippen molar-refractivity contribution in [1.82, 2.24) is 15.0 Å². The van der Waals surface area contributed by atoms with E-state index < -0.39 is 0 Å². The Balaban J connectivity index is 2.11. The van der Waals surface area contributed by atoms with Crippen molar-refractivity contribution in [3.8, 4) is 0 Å². The molecular weight excluding hydrogens is 266 g/mol. The number of hydrogen-bond donors (Lipinski definition) is 0. The van der Waals surface area contributed by atoms with E-state index in [1.165, 1.54) is 29.4 Å². The quantitative estimate of drug-likeness (QED) is 0.527. The van der Waals surface area contributed by atoms with Crippen molar-refractivity contribution < 1.29 is 4.42 Å². The lowest BCUT2D eigenvalue weighted by molar-refractivity contribution is 0.454. The summed E-state index contributed by atoms with van der Waals surface area (Å²) >= 11 is 8.71. The molecule has 0 fully saturated rings. The molecular formula is C9H4ClN3OS2. The minimum absolute atomic E-state index is 0.240. The summed E-state index contributed by atoms with van der Waals surface area (Å²) < 4.78 is 5.15. The minimum Gasteiger partial charge on any atom is -0.440 e. The van der Waals surface area contributed by atoms with Crippen molar-refractivity contribution in [2.24, 2.45) is 0 Å². The van der Waals surface area contributed by atoms with Gasteiger partial charge in [-0.3, -0.25) is 0 Å². The first-order chi connectivity index (χ1) is 7.83. The Bertz CT molecular complexity index is 623. The first-order valence-corrected chi connectivity index (χ1v) is 6.38. The monoisotopic (exact) mass is 269 g/mol. The normalized spacial score (nSPS) is 11.1. The second kappa shape index (κ2) is 4.04. The average molecular weight is 270 g/mol. The smallest absolute Gasteiger partial charge is 0.261 e. The maximum atomic E-state index is 5.84. The van der Waals surface area contributed by atoms with E-state index in [1.807, 2.05) is 11.4 Å². The Labute approximate surface area is 104 Å². The summed E-state index contributed by atoms with van der Waals surface area (Å²) in [6, 6.07) is 1.96. The number of hydrogen-bond acceptors (Lipinski definition) is 6. The van der Waals surface area contributed by atoms with Gasteiger partial charge in [-0.05, 0) is 34.8 Å². The van der Waals surface area contributed by atoms with Gasteiger partial charge in [0.2, 0.25) is 5.28 Å². The van der Waals surface area contributed by atoms with Crippen molar-refractivity contribution in [2.45, 2.75) is 10.2 Å². The lowest BCUT2D eigenvalue weighted by atomic mass is 10.4. The van der Waals surface area contributed by atoms with Crippen LogP contribution in [0.3, 0.4) is 0 Å². The van der Waals surface area contributed by atoms with Crippen LogP contribution >= 0.6 is 34.7 Å². The molecule has 3 heterocycles. The largest absolute Gasteiger partial charge is 0.440 e. The van der Waals surface area contributed by atoms with Gasteiger partial charge in [-0.2, -0.15) is 0 Å². The van der Waals surface area contributed by atoms with E-state index in [0.29, 0.717) is 5.22 Å². The molecule has 0 aliphatic carbocycles. The van der Waals surface area contributed by atoms with Crippen LogP contribution in [-0.2, 0) is 0 Å². The molecule has 3 aromatic heterocycles. The van der Waals surface area contributed by atoms with Crippen LogP contribution in [0.2, 0.25) is 5.28 Å². The van der Waals surface area contributed by atoms with Gasteiger partial charge in [0.05, 0.1) is 6.20 Å². The molecule has 0 radical (unpaired) electrons. The highest BCUT2D eigenvalue weighted by atomic mass is 35.5. The zero-order valence-electron chi connectivity index (χ0n) is 7.75. The van der Waals surface area contributed by atoms with E-state index in [1.54, 1.807) is 6.20 Å². The fourth-order valence-electron chi connectivity index (χ4n) is 1.22. The molecule has 80 valence electrons. The summed E-state index contributed by atoms with van der Waals surface area (Å²) in [4.78, 5) is 13.2. The van der Waals surface area contributed by atoms with Gasteiger partial charge < -0.3 is 4.42 Å². The molecule has 0 aromatic carbocycles. The van der Waals surface area contributed by atoms with E-state index in [4.69, 9.17) is 16.0 Å². The molecule has 0 aliphatic heterocycles. The van der Waals surface area contributed by atoms with Crippen molar-refractivity contribution >= 4 is 44.9 Å². The van der Waals surface area contributed by atoms with Crippen molar-refractivity contribution in [3.05, 3.63) is 29.2 Å². The Hall–Kier alpha value is -1.11. The molecule has 0 saturated heterocycles. The van der Waals surface area contributed by atoms with Crippen molar-refractivity contribution in [1.29, 1.82) is 0 Å². The second-order valence-electron chi connectivity index (χ2n) is 2.84. The third-order valence-electron chi connectivity index (χ3n) is 1.86. The fraction of sp³-hybridized carbons (Fsp3) is 0. The van der Waals surface area contributed by atoms with Crippen LogP contribution in [-0.4, -0.2) is 15.0 Å². The molecule has 0 amide bonds. The molecule has 16 heavy (non-hydrogen) atoms. The molecule has 3 rings (SSSR count). The van der Waals surface area contributed by atoms with E-state index in [2.05, 4.69) is 15.0 Å². The van der Waals surface area contributed by atoms with Crippen LogP contribution in [0.1, 0.15) is 0 Å². The summed E-state index contributed by atoms with van der Waals surface area (Å²) in [5.41, 5.74) is 0. The van der Waals surface area contributed by atoms with E-state index >= 15 is 0 Å². The fourth-order valence-corrected chi connectivity index (χ4v) is 3.11. The third-order valence-corrected chi connectivity index (χ3v) is 3.71. The number of nitrogens with zero attached hydrogens (tertiary/aromatic N) is 3. The van der Waals surface area contributed by atoms with Crippen LogP contribution in [0.15, 0.2) is 38.6 Å². The number of halogens is 1. The molecule has 0 unspecified atom stereocenters. The van der Waals surface area contributed by atoms with Crippen LogP contribution in [0.4, 0.5) is 0 Å². The highest BCUT2D eigenvalue weighted by molar-refractivity contribution is 7.99. The molecule has 0 spiro atoms. The van der Waals surface area contributed by atoms with Crippen molar-refractivity contribution in [3.63, 3.8) is 0 Å². The van der Waals surface area contributed by atoms with Crippen LogP contribution in [0, 0.1) is 0 Å². The maximum absolute atomic E-state index is 5.84. The lowest BCUT2D eigenvalue weighted by Crippen LogP contribution is -1.86. The molecule has 0 bridgehead atoms. The van der Waals surface area contributed by atoms with Crippen LogP contribution in [0.25, 0.3) is 10.2 Å². The number of rotatable bonds is 2. The molecule has 0 N–H and O–H groups in total. The second-order valence-corrected chi connectivity index (χ2v) is 5.01. The average Bonchev–Trinajstić information content (AvgIpc) is 2.87.